The van der Waals surface area contributed by atoms with Crippen molar-refractivity contribution in [2.45, 2.75) is 36.3 Å². The lowest BCUT2D eigenvalue weighted by molar-refractivity contribution is -0.142. The largest absolute Gasteiger partial charge is 0.465 e. The van der Waals surface area contributed by atoms with Crippen LogP contribution in [-0.4, -0.2) is 38.4 Å². The fourth-order valence-corrected chi connectivity index (χ4v) is 5.19. The first-order valence-corrected chi connectivity index (χ1v) is 9.41. The number of nitriles is 1. The van der Waals surface area contributed by atoms with Crippen LogP contribution in [0, 0.1) is 11.3 Å². The molecule has 1 aliphatic rings. The number of unbranched alkanes of at least 4 members (excludes halogenated alkanes) is 1. The second-order valence-corrected chi connectivity index (χ2v) is 8.32. The van der Waals surface area contributed by atoms with Crippen molar-refractivity contribution in [1.82, 2.24) is 4.31 Å². The number of hydrogen-bond acceptors (Lipinski definition) is 6. The van der Waals surface area contributed by atoms with E-state index in [2.05, 4.69) is 0 Å². The van der Waals surface area contributed by atoms with Crippen molar-refractivity contribution in [1.29, 1.82) is 5.26 Å². The molecule has 120 valence electrons. The van der Waals surface area contributed by atoms with Crippen LogP contribution in [0.5, 0.6) is 0 Å². The number of carbonyl (C=O) groups excluding carboxylic acids is 1. The lowest BCUT2D eigenvalue weighted by Gasteiger charge is -2.13. The molecule has 2 rings (SSSR count). The van der Waals surface area contributed by atoms with E-state index in [4.69, 9.17) is 10.00 Å². The number of esters is 1. The summed E-state index contributed by atoms with van der Waals surface area (Å²) in [5, 5.41) is 8.39. The molecular weight excluding hydrogens is 324 g/mol. The first kappa shape index (κ1) is 16.9. The Kier molecular flexibility index (Phi) is 5.94. The molecule has 0 atom stereocenters. The van der Waals surface area contributed by atoms with E-state index in [0.717, 1.165) is 24.2 Å². The Hall–Kier alpha value is -1.43. The van der Waals surface area contributed by atoms with Gasteiger partial charge in [-0.2, -0.15) is 9.57 Å². The molecule has 0 aliphatic carbocycles. The average Bonchev–Trinajstić information content (AvgIpc) is 3.15. The van der Waals surface area contributed by atoms with Crippen molar-refractivity contribution in [2.24, 2.45) is 0 Å². The summed E-state index contributed by atoms with van der Waals surface area (Å²) < 4.78 is 31.5. The van der Waals surface area contributed by atoms with Crippen molar-refractivity contribution in [3.05, 3.63) is 17.0 Å². The molecule has 0 saturated carbocycles. The van der Waals surface area contributed by atoms with Crippen LogP contribution in [-0.2, 0) is 26.0 Å². The standard InChI is InChI=1S/C14H18N2O4S2/c15-7-1-4-10-20-13(17)11-12-5-6-14(21-12)22(18,19)16-8-2-3-9-16/h5-6H,1-4,8-11H2. The number of carbonyl (C=O) groups is 1. The van der Waals surface area contributed by atoms with Gasteiger partial charge in [0, 0.05) is 24.4 Å². The smallest absolute Gasteiger partial charge is 0.311 e. The molecule has 0 spiro atoms. The minimum absolute atomic E-state index is 0.0622. The van der Waals surface area contributed by atoms with Gasteiger partial charge < -0.3 is 4.74 Å². The number of hydrogen-bond donors (Lipinski definition) is 0. The van der Waals surface area contributed by atoms with E-state index >= 15 is 0 Å². The first-order valence-electron chi connectivity index (χ1n) is 7.15. The Morgan fingerprint density at radius 2 is 2.09 bits per heavy atom. The molecule has 2 heterocycles. The van der Waals surface area contributed by atoms with E-state index in [1.165, 1.54) is 4.31 Å². The summed E-state index contributed by atoms with van der Waals surface area (Å²) in [6.07, 6.45) is 2.72. The topological polar surface area (TPSA) is 87.5 Å². The van der Waals surface area contributed by atoms with Crippen molar-refractivity contribution >= 4 is 27.3 Å². The van der Waals surface area contributed by atoms with E-state index in [9.17, 15) is 13.2 Å². The SMILES string of the molecule is N#CCCCOC(=O)Cc1ccc(S(=O)(=O)N2CCCC2)s1. The van der Waals surface area contributed by atoms with E-state index in [0.29, 0.717) is 30.8 Å². The first-order chi connectivity index (χ1) is 10.5. The molecule has 1 fully saturated rings. The van der Waals surface area contributed by atoms with Crippen molar-refractivity contribution < 1.29 is 17.9 Å². The van der Waals surface area contributed by atoms with Gasteiger partial charge >= 0.3 is 5.97 Å². The fraction of sp³-hybridized carbons (Fsp3) is 0.571. The van der Waals surface area contributed by atoms with Crippen LogP contribution < -0.4 is 0 Å². The van der Waals surface area contributed by atoms with Crippen LogP contribution in [0.2, 0.25) is 0 Å². The summed E-state index contributed by atoms with van der Waals surface area (Å²) in [7, 11) is -3.41. The van der Waals surface area contributed by atoms with Gasteiger partial charge in [0.05, 0.1) is 19.1 Å². The monoisotopic (exact) mass is 342 g/mol. The normalized spacial score (nSPS) is 15.6. The minimum Gasteiger partial charge on any atom is -0.465 e. The number of rotatable bonds is 7. The Balaban J connectivity index is 1.91. The van der Waals surface area contributed by atoms with Gasteiger partial charge in [0.15, 0.2) is 0 Å². The third-order valence-corrected chi connectivity index (χ3v) is 6.76. The van der Waals surface area contributed by atoms with Gasteiger partial charge in [-0.25, -0.2) is 8.42 Å². The van der Waals surface area contributed by atoms with Crippen LogP contribution in [0.1, 0.15) is 30.6 Å². The molecule has 0 amide bonds. The molecule has 0 aromatic carbocycles. The summed E-state index contributed by atoms with van der Waals surface area (Å²) in [6.45, 7) is 1.35. The highest BCUT2D eigenvalue weighted by atomic mass is 32.2. The van der Waals surface area contributed by atoms with E-state index < -0.39 is 16.0 Å². The van der Waals surface area contributed by atoms with Gasteiger partial charge in [0.1, 0.15) is 4.21 Å². The third kappa shape index (κ3) is 4.29. The quantitative estimate of drug-likeness (QED) is 0.558. The van der Waals surface area contributed by atoms with Gasteiger partial charge in [-0.1, -0.05) is 0 Å². The maximum Gasteiger partial charge on any atom is 0.311 e. The highest BCUT2D eigenvalue weighted by Crippen LogP contribution is 2.27. The second-order valence-electron chi connectivity index (χ2n) is 4.99. The van der Waals surface area contributed by atoms with Crippen LogP contribution in [0.15, 0.2) is 16.3 Å². The summed E-state index contributed by atoms with van der Waals surface area (Å²) in [5.41, 5.74) is 0. The maximum absolute atomic E-state index is 12.4. The van der Waals surface area contributed by atoms with Crippen molar-refractivity contribution in [3.63, 3.8) is 0 Å². The zero-order chi connectivity index (χ0) is 16.0. The van der Waals surface area contributed by atoms with Crippen molar-refractivity contribution in [3.8, 4) is 6.07 Å². The van der Waals surface area contributed by atoms with Crippen molar-refractivity contribution in [2.75, 3.05) is 19.7 Å². The van der Waals surface area contributed by atoms with Gasteiger partial charge in [-0.15, -0.1) is 11.3 Å². The van der Waals surface area contributed by atoms with Crippen LogP contribution in [0.4, 0.5) is 0 Å². The molecule has 6 nitrogen and oxygen atoms in total. The predicted octanol–water partition coefficient (Wildman–Crippen LogP) is 1.92. The average molecular weight is 342 g/mol. The zero-order valence-corrected chi connectivity index (χ0v) is 13.8. The third-order valence-electron chi connectivity index (χ3n) is 3.31. The molecule has 1 saturated heterocycles. The Morgan fingerprint density at radius 1 is 1.36 bits per heavy atom. The highest BCUT2D eigenvalue weighted by molar-refractivity contribution is 7.91. The zero-order valence-electron chi connectivity index (χ0n) is 12.2. The van der Waals surface area contributed by atoms with Crippen LogP contribution in [0.3, 0.4) is 0 Å². The highest BCUT2D eigenvalue weighted by Gasteiger charge is 2.28. The predicted molar refractivity (Wildman–Crippen MR) is 81.8 cm³/mol. The number of nitrogens with zero attached hydrogens (tertiary/aromatic N) is 2. The summed E-state index contributed by atoms with van der Waals surface area (Å²) in [6, 6.07) is 5.19. The Bertz CT molecular complexity index is 655. The summed E-state index contributed by atoms with van der Waals surface area (Å²) in [5.74, 6) is -0.398. The molecule has 8 heteroatoms. The van der Waals surface area contributed by atoms with Crippen LogP contribution >= 0.6 is 11.3 Å². The van der Waals surface area contributed by atoms with Crippen LogP contribution in [0.25, 0.3) is 0 Å². The van der Waals surface area contributed by atoms with E-state index in [1.807, 2.05) is 6.07 Å². The number of sulfonamides is 1. The maximum atomic E-state index is 12.4. The molecule has 1 aromatic rings. The molecule has 0 radical (unpaired) electrons. The summed E-state index contributed by atoms with van der Waals surface area (Å²) in [4.78, 5) is 12.3. The molecule has 0 bridgehead atoms. The molecule has 0 unspecified atom stereocenters. The minimum atomic E-state index is -3.41. The molecular formula is C14H18N2O4S2. The van der Waals surface area contributed by atoms with E-state index in [-0.39, 0.29) is 17.2 Å². The lowest BCUT2D eigenvalue weighted by Crippen LogP contribution is -2.27. The van der Waals surface area contributed by atoms with E-state index in [1.54, 1.807) is 12.1 Å². The van der Waals surface area contributed by atoms with Gasteiger partial charge in [0.25, 0.3) is 10.0 Å². The lowest BCUT2D eigenvalue weighted by atomic mass is 10.3. The Labute approximate surface area is 134 Å². The molecule has 22 heavy (non-hydrogen) atoms. The number of thiophene rings is 1. The number of ether oxygens (including phenoxy) is 1. The Morgan fingerprint density at radius 3 is 2.77 bits per heavy atom. The fourth-order valence-electron chi connectivity index (χ4n) is 2.18. The second kappa shape index (κ2) is 7.72. The molecule has 1 aliphatic heterocycles. The molecule has 1 aromatic heterocycles. The summed E-state index contributed by atoms with van der Waals surface area (Å²) >= 11 is 1.12. The van der Waals surface area contributed by atoms with Gasteiger partial charge in [0.2, 0.25) is 0 Å². The molecule has 0 N–H and O–H groups in total. The van der Waals surface area contributed by atoms with Gasteiger partial charge in [-0.05, 0) is 31.4 Å². The van der Waals surface area contributed by atoms with Gasteiger partial charge in [-0.3, -0.25) is 4.79 Å².